The van der Waals surface area contributed by atoms with Gasteiger partial charge >= 0.3 is 0 Å². The van der Waals surface area contributed by atoms with Gasteiger partial charge < -0.3 is 10.5 Å². The highest BCUT2D eigenvalue weighted by Crippen LogP contribution is 2.21. The number of hydrogen-bond donors (Lipinski definition) is 1. The fraction of sp³-hybridized carbons (Fsp3) is 1.00. The van der Waals surface area contributed by atoms with Gasteiger partial charge in [-0.2, -0.15) is 0 Å². The van der Waals surface area contributed by atoms with Gasteiger partial charge in [0, 0.05) is 6.61 Å². The van der Waals surface area contributed by atoms with Crippen molar-refractivity contribution in [2.45, 2.75) is 47.5 Å². The average molecular weight is 229 g/mol. The lowest BCUT2D eigenvalue weighted by molar-refractivity contribution is 0.0422. The third kappa shape index (κ3) is 6.49. The van der Waals surface area contributed by atoms with Crippen LogP contribution in [0.15, 0.2) is 0 Å². The summed E-state index contributed by atoms with van der Waals surface area (Å²) in [4.78, 5) is 0. The Bertz CT molecular complexity index is 149. The average Bonchev–Trinajstić information content (AvgIpc) is 2.21. The molecule has 0 aromatic carbocycles. The van der Waals surface area contributed by atoms with Crippen LogP contribution >= 0.6 is 0 Å². The van der Waals surface area contributed by atoms with E-state index < -0.39 is 0 Å². The summed E-state index contributed by atoms with van der Waals surface area (Å²) in [5, 5.41) is 0. The minimum Gasteiger partial charge on any atom is -0.381 e. The Balaban J connectivity index is 3.84. The first kappa shape index (κ1) is 15.9. The van der Waals surface area contributed by atoms with Gasteiger partial charge in [0.15, 0.2) is 0 Å². The molecule has 0 heterocycles. The third-order valence-corrected chi connectivity index (χ3v) is 3.41. The van der Waals surface area contributed by atoms with Crippen molar-refractivity contribution in [3.05, 3.63) is 0 Å². The van der Waals surface area contributed by atoms with E-state index in [2.05, 4.69) is 34.6 Å². The predicted octanol–water partition coefficient (Wildman–Crippen LogP) is 3.31. The highest BCUT2D eigenvalue weighted by Gasteiger charge is 2.18. The molecular weight excluding hydrogens is 198 g/mol. The molecule has 0 amide bonds. The van der Waals surface area contributed by atoms with E-state index >= 15 is 0 Å². The quantitative estimate of drug-likeness (QED) is 0.658. The number of rotatable bonds is 9. The summed E-state index contributed by atoms with van der Waals surface area (Å²) in [6, 6.07) is 0. The molecule has 0 spiro atoms. The number of ether oxygens (including phenoxy) is 1. The Labute approximate surface area is 102 Å². The van der Waals surface area contributed by atoms with Crippen molar-refractivity contribution >= 4 is 0 Å². The minimum absolute atomic E-state index is 0.546. The zero-order chi connectivity index (χ0) is 12.6. The van der Waals surface area contributed by atoms with Crippen molar-refractivity contribution in [3.8, 4) is 0 Å². The molecule has 2 heteroatoms. The Morgan fingerprint density at radius 2 is 1.56 bits per heavy atom. The van der Waals surface area contributed by atoms with Crippen molar-refractivity contribution in [1.82, 2.24) is 0 Å². The molecule has 0 aliphatic carbocycles. The van der Waals surface area contributed by atoms with E-state index in [0.29, 0.717) is 23.7 Å². The molecule has 0 saturated carbocycles. The molecule has 0 fully saturated rings. The fourth-order valence-electron chi connectivity index (χ4n) is 2.20. The van der Waals surface area contributed by atoms with E-state index in [-0.39, 0.29) is 0 Å². The molecule has 1 atom stereocenters. The van der Waals surface area contributed by atoms with Crippen LogP contribution in [0.3, 0.4) is 0 Å². The predicted molar refractivity (Wildman–Crippen MR) is 71.4 cm³/mol. The largest absolute Gasteiger partial charge is 0.381 e. The molecule has 2 N–H and O–H groups in total. The summed E-state index contributed by atoms with van der Waals surface area (Å²) in [5.41, 5.74) is 5.72. The van der Waals surface area contributed by atoms with Crippen LogP contribution in [-0.2, 0) is 4.74 Å². The molecule has 0 saturated heterocycles. The molecule has 0 radical (unpaired) electrons. The summed E-state index contributed by atoms with van der Waals surface area (Å²) in [6.07, 6.45) is 2.38. The maximum Gasteiger partial charge on any atom is 0.0506 e. The molecule has 2 nitrogen and oxygen atoms in total. The molecule has 0 aromatic heterocycles. The van der Waals surface area contributed by atoms with Gasteiger partial charge in [0.05, 0.1) is 6.61 Å². The van der Waals surface area contributed by atoms with Crippen LogP contribution in [0.1, 0.15) is 47.5 Å². The summed E-state index contributed by atoms with van der Waals surface area (Å²) < 4.78 is 5.84. The monoisotopic (exact) mass is 229 g/mol. The van der Waals surface area contributed by atoms with Crippen molar-refractivity contribution in [2.75, 3.05) is 19.8 Å². The van der Waals surface area contributed by atoms with E-state index in [1.165, 1.54) is 12.8 Å². The second-order valence-electron chi connectivity index (χ2n) is 5.58. The molecule has 0 aliphatic rings. The zero-order valence-corrected chi connectivity index (χ0v) is 11.8. The number of hydrogen-bond acceptors (Lipinski definition) is 2. The third-order valence-electron chi connectivity index (χ3n) is 3.41. The molecule has 1 unspecified atom stereocenters. The van der Waals surface area contributed by atoms with E-state index in [0.717, 1.165) is 19.8 Å². The lowest BCUT2D eigenvalue weighted by Crippen LogP contribution is -2.25. The van der Waals surface area contributed by atoms with Gasteiger partial charge in [-0.3, -0.25) is 0 Å². The van der Waals surface area contributed by atoms with Crippen LogP contribution in [0.5, 0.6) is 0 Å². The Kier molecular flexibility index (Phi) is 8.96. The minimum atomic E-state index is 0.546. The first-order valence-electron chi connectivity index (χ1n) is 6.80. The van der Waals surface area contributed by atoms with Crippen LogP contribution in [-0.4, -0.2) is 19.8 Å². The summed E-state index contributed by atoms with van der Waals surface area (Å²) in [5.74, 6) is 2.61. The summed E-state index contributed by atoms with van der Waals surface area (Å²) in [6.45, 7) is 13.8. The fourth-order valence-corrected chi connectivity index (χ4v) is 2.20. The molecule has 0 aliphatic heterocycles. The molecule has 0 rings (SSSR count). The van der Waals surface area contributed by atoms with Crippen LogP contribution in [0.2, 0.25) is 0 Å². The maximum absolute atomic E-state index is 5.84. The van der Waals surface area contributed by atoms with Crippen molar-refractivity contribution in [2.24, 2.45) is 29.4 Å². The molecule has 0 aromatic rings. The highest BCUT2D eigenvalue weighted by atomic mass is 16.5. The molecule has 16 heavy (non-hydrogen) atoms. The van der Waals surface area contributed by atoms with Gasteiger partial charge in [0.25, 0.3) is 0 Å². The summed E-state index contributed by atoms with van der Waals surface area (Å²) >= 11 is 0. The van der Waals surface area contributed by atoms with Crippen LogP contribution < -0.4 is 5.73 Å². The van der Waals surface area contributed by atoms with Gasteiger partial charge in [-0.1, -0.05) is 41.0 Å². The normalized spacial score (nSPS) is 14.1. The Morgan fingerprint density at radius 3 is 1.94 bits per heavy atom. The SMILES string of the molecule is CCCC(CN)COCC(C(C)C)C(C)C. The first-order chi connectivity index (χ1) is 7.52. The zero-order valence-electron chi connectivity index (χ0n) is 11.8. The van der Waals surface area contributed by atoms with E-state index in [9.17, 15) is 0 Å². The highest BCUT2D eigenvalue weighted by molar-refractivity contribution is 4.66. The second kappa shape index (κ2) is 9.00. The molecular formula is C14H31NO. The lowest BCUT2D eigenvalue weighted by atomic mass is 9.86. The van der Waals surface area contributed by atoms with Crippen LogP contribution in [0.4, 0.5) is 0 Å². The van der Waals surface area contributed by atoms with Crippen LogP contribution in [0.25, 0.3) is 0 Å². The molecule has 0 bridgehead atoms. The first-order valence-corrected chi connectivity index (χ1v) is 6.80. The standard InChI is InChI=1S/C14H31NO/c1-6-7-13(8-15)9-16-10-14(11(2)3)12(4)5/h11-14H,6-10,15H2,1-5H3. The van der Waals surface area contributed by atoms with E-state index in [1.807, 2.05) is 0 Å². The number of nitrogens with two attached hydrogens (primary N) is 1. The Morgan fingerprint density at radius 1 is 1.00 bits per heavy atom. The van der Waals surface area contributed by atoms with Gasteiger partial charge in [-0.05, 0) is 36.6 Å². The molecule has 98 valence electrons. The second-order valence-corrected chi connectivity index (χ2v) is 5.58. The van der Waals surface area contributed by atoms with Gasteiger partial charge in [0.2, 0.25) is 0 Å². The van der Waals surface area contributed by atoms with Gasteiger partial charge in [-0.25, -0.2) is 0 Å². The lowest BCUT2D eigenvalue weighted by Gasteiger charge is -2.25. The van der Waals surface area contributed by atoms with E-state index in [1.54, 1.807) is 0 Å². The smallest absolute Gasteiger partial charge is 0.0506 e. The van der Waals surface area contributed by atoms with E-state index in [4.69, 9.17) is 10.5 Å². The van der Waals surface area contributed by atoms with Gasteiger partial charge in [0.1, 0.15) is 0 Å². The Hall–Kier alpha value is -0.0800. The maximum atomic E-state index is 5.84. The summed E-state index contributed by atoms with van der Waals surface area (Å²) in [7, 11) is 0. The van der Waals surface area contributed by atoms with Crippen molar-refractivity contribution < 1.29 is 4.74 Å². The van der Waals surface area contributed by atoms with Gasteiger partial charge in [-0.15, -0.1) is 0 Å². The van der Waals surface area contributed by atoms with Crippen molar-refractivity contribution in [3.63, 3.8) is 0 Å². The van der Waals surface area contributed by atoms with Crippen molar-refractivity contribution in [1.29, 1.82) is 0 Å². The topological polar surface area (TPSA) is 35.2 Å². The van der Waals surface area contributed by atoms with Crippen LogP contribution in [0, 0.1) is 23.7 Å².